The highest BCUT2D eigenvalue weighted by Crippen LogP contribution is 2.27. The molecular formula is C8H9F2NO. The zero-order chi connectivity index (χ0) is 9.14. The molecule has 1 N–H and O–H groups in total. The maximum atomic E-state index is 12.9. The summed E-state index contributed by atoms with van der Waals surface area (Å²) in [5.41, 5.74) is 0.301. The molecule has 0 fully saturated rings. The first-order chi connectivity index (χ1) is 5.69. The summed E-state index contributed by atoms with van der Waals surface area (Å²) in [5, 5.41) is 2.62. The minimum Gasteiger partial charge on any atom is -0.492 e. The first-order valence-electron chi connectivity index (χ1n) is 3.40. The van der Waals surface area contributed by atoms with Crippen LogP contribution in [-0.4, -0.2) is 14.2 Å². The number of methoxy groups -OCH3 is 1. The summed E-state index contributed by atoms with van der Waals surface area (Å²) in [4.78, 5) is 0. The maximum Gasteiger partial charge on any atom is 0.177 e. The van der Waals surface area contributed by atoms with E-state index >= 15 is 0 Å². The van der Waals surface area contributed by atoms with E-state index in [1.165, 1.54) is 13.2 Å². The van der Waals surface area contributed by atoms with Crippen LogP contribution in [0.15, 0.2) is 12.1 Å². The molecule has 1 aromatic carbocycles. The Morgan fingerprint density at radius 2 is 2.00 bits per heavy atom. The van der Waals surface area contributed by atoms with Crippen molar-refractivity contribution >= 4 is 5.69 Å². The van der Waals surface area contributed by atoms with Crippen LogP contribution in [0.5, 0.6) is 5.75 Å². The van der Waals surface area contributed by atoms with E-state index in [1.54, 1.807) is 7.05 Å². The zero-order valence-electron chi connectivity index (χ0n) is 6.82. The van der Waals surface area contributed by atoms with Crippen molar-refractivity contribution in [3.05, 3.63) is 23.8 Å². The van der Waals surface area contributed by atoms with Gasteiger partial charge in [-0.05, 0) is 0 Å². The molecule has 1 aromatic rings. The number of ether oxygens (including phenoxy) is 1. The second-order valence-electron chi connectivity index (χ2n) is 2.22. The Hall–Kier alpha value is -1.32. The molecule has 0 unspecified atom stereocenters. The highest BCUT2D eigenvalue weighted by molar-refractivity contribution is 5.56. The number of benzene rings is 1. The lowest BCUT2D eigenvalue weighted by Gasteiger charge is -2.08. The van der Waals surface area contributed by atoms with Gasteiger partial charge >= 0.3 is 0 Å². The number of hydrogen-bond acceptors (Lipinski definition) is 2. The van der Waals surface area contributed by atoms with Crippen LogP contribution in [0.1, 0.15) is 0 Å². The van der Waals surface area contributed by atoms with Crippen LogP contribution >= 0.6 is 0 Å². The minimum atomic E-state index is -0.707. The van der Waals surface area contributed by atoms with E-state index in [1.807, 2.05) is 0 Å². The van der Waals surface area contributed by atoms with Crippen LogP contribution in [0.2, 0.25) is 0 Å². The van der Waals surface area contributed by atoms with Gasteiger partial charge in [0.2, 0.25) is 0 Å². The Morgan fingerprint density at radius 3 is 2.50 bits per heavy atom. The topological polar surface area (TPSA) is 21.3 Å². The normalized spacial score (nSPS) is 9.67. The lowest BCUT2D eigenvalue weighted by Crippen LogP contribution is -1.97. The van der Waals surface area contributed by atoms with E-state index in [9.17, 15) is 8.78 Å². The van der Waals surface area contributed by atoms with Crippen molar-refractivity contribution in [1.82, 2.24) is 0 Å². The predicted molar refractivity (Wildman–Crippen MR) is 42.5 cm³/mol. The average Bonchev–Trinajstić information content (AvgIpc) is 2.03. The summed E-state index contributed by atoms with van der Waals surface area (Å²) in [6.45, 7) is 0. The predicted octanol–water partition coefficient (Wildman–Crippen LogP) is 2.02. The lowest BCUT2D eigenvalue weighted by atomic mass is 10.2. The highest BCUT2D eigenvalue weighted by Gasteiger charge is 2.09. The van der Waals surface area contributed by atoms with E-state index < -0.39 is 11.6 Å². The quantitative estimate of drug-likeness (QED) is 0.738. The van der Waals surface area contributed by atoms with Gasteiger partial charge < -0.3 is 10.1 Å². The van der Waals surface area contributed by atoms with Gasteiger partial charge in [-0.2, -0.15) is 0 Å². The fourth-order valence-electron chi connectivity index (χ4n) is 0.954. The molecule has 0 amide bonds. The molecule has 12 heavy (non-hydrogen) atoms. The largest absolute Gasteiger partial charge is 0.492 e. The Labute approximate surface area is 69.2 Å². The molecule has 0 aliphatic heterocycles. The third-order valence-corrected chi connectivity index (χ3v) is 1.48. The van der Waals surface area contributed by atoms with Gasteiger partial charge in [0.15, 0.2) is 11.6 Å². The van der Waals surface area contributed by atoms with E-state index in [-0.39, 0.29) is 5.75 Å². The molecule has 0 aromatic heterocycles. The van der Waals surface area contributed by atoms with Crippen molar-refractivity contribution < 1.29 is 13.5 Å². The highest BCUT2D eigenvalue weighted by atomic mass is 19.1. The van der Waals surface area contributed by atoms with Crippen molar-refractivity contribution in [1.29, 1.82) is 0 Å². The molecule has 0 bridgehead atoms. The van der Waals surface area contributed by atoms with Gasteiger partial charge in [-0.15, -0.1) is 0 Å². The van der Waals surface area contributed by atoms with Crippen LogP contribution < -0.4 is 10.1 Å². The van der Waals surface area contributed by atoms with Crippen molar-refractivity contribution in [2.45, 2.75) is 0 Å². The molecule has 1 rings (SSSR count). The van der Waals surface area contributed by atoms with Crippen molar-refractivity contribution in [2.75, 3.05) is 19.5 Å². The second-order valence-corrected chi connectivity index (χ2v) is 2.22. The molecule has 0 spiro atoms. The molecule has 66 valence electrons. The molecule has 4 heteroatoms. The van der Waals surface area contributed by atoms with Gasteiger partial charge in [0.25, 0.3) is 0 Å². The number of halogens is 2. The van der Waals surface area contributed by atoms with Crippen LogP contribution in [0.3, 0.4) is 0 Å². The number of anilines is 1. The second kappa shape index (κ2) is 3.38. The standard InChI is InChI=1S/C8H9F2NO/c1-11-7-4-5(9)3-6(10)8(7)12-2/h3-4,11H,1-2H3. The van der Waals surface area contributed by atoms with Gasteiger partial charge in [0.1, 0.15) is 5.82 Å². The van der Waals surface area contributed by atoms with Crippen LogP contribution in [0.25, 0.3) is 0 Å². The Balaban J connectivity index is 3.24. The molecule has 0 radical (unpaired) electrons. The minimum absolute atomic E-state index is 0.0268. The Morgan fingerprint density at radius 1 is 1.33 bits per heavy atom. The summed E-state index contributed by atoms with van der Waals surface area (Å²) < 4.78 is 30.2. The first kappa shape index (κ1) is 8.77. The maximum absolute atomic E-state index is 12.9. The molecule has 0 saturated carbocycles. The SMILES string of the molecule is CNc1cc(F)cc(F)c1OC. The van der Waals surface area contributed by atoms with Crippen molar-refractivity contribution in [3.63, 3.8) is 0 Å². The van der Waals surface area contributed by atoms with Crippen molar-refractivity contribution in [2.24, 2.45) is 0 Å². The molecule has 0 aliphatic carbocycles. The fourth-order valence-corrected chi connectivity index (χ4v) is 0.954. The van der Waals surface area contributed by atoms with E-state index in [0.29, 0.717) is 5.69 Å². The van der Waals surface area contributed by atoms with Crippen molar-refractivity contribution in [3.8, 4) is 5.75 Å². The van der Waals surface area contributed by atoms with Gasteiger partial charge in [-0.1, -0.05) is 0 Å². The monoisotopic (exact) mass is 173 g/mol. The summed E-state index contributed by atoms with van der Waals surface area (Å²) in [7, 11) is 2.90. The van der Waals surface area contributed by atoms with Gasteiger partial charge in [0.05, 0.1) is 12.8 Å². The average molecular weight is 173 g/mol. The molecule has 0 heterocycles. The summed E-state index contributed by atoms with van der Waals surface area (Å²) >= 11 is 0. The lowest BCUT2D eigenvalue weighted by molar-refractivity contribution is 0.386. The number of rotatable bonds is 2. The van der Waals surface area contributed by atoms with Crippen LogP contribution in [-0.2, 0) is 0 Å². The smallest absolute Gasteiger partial charge is 0.177 e. The number of nitrogens with one attached hydrogen (secondary N) is 1. The molecule has 0 aliphatic rings. The summed E-state index contributed by atoms with van der Waals surface area (Å²) in [5.74, 6) is -1.31. The molecule has 0 atom stereocenters. The van der Waals surface area contributed by atoms with Gasteiger partial charge in [0, 0.05) is 19.2 Å². The molecular weight excluding hydrogens is 164 g/mol. The summed E-state index contributed by atoms with van der Waals surface area (Å²) in [6.07, 6.45) is 0. The first-order valence-corrected chi connectivity index (χ1v) is 3.40. The third-order valence-electron chi connectivity index (χ3n) is 1.48. The zero-order valence-corrected chi connectivity index (χ0v) is 6.82. The molecule has 0 saturated heterocycles. The Bertz CT molecular complexity index is 289. The van der Waals surface area contributed by atoms with E-state index in [2.05, 4.69) is 5.32 Å². The van der Waals surface area contributed by atoms with Crippen LogP contribution in [0.4, 0.5) is 14.5 Å². The fraction of sp³-hybridized carbons (Fsp3) is 0.250. The van der Waals surface area contributed by atoms with Gasteiger partial charge in [-0.3, -0.25) is 0 Å². The Kier molecular flexibility index (Phi) is 2.47. The van der Waals surface area contributed by atoms with Gasteiger partial charge in [-0.25, -0.2) is 8.78 Å². The third kappa shape index (κ3) is 1.47. The number of hydrogen-bond donors (Lipinski definition) is 1. The molecule has 2 nitrogen and oxygen atoms in total. The summed E-state index contributed by atoms with van der Waals surface area (Å²) in [6, 6.07) is 1.95. The van der Waals surface area contributed by atoms with E-state index in [0.717, 1.165) is 6.07 Å². The van der Waals surface area contributed by atoms with Crippen LogP contribution in [0, 0.1) is 11.6 Å². The van der Waals surface area contributed by atoms with E-state index in [4.69, 9.17) is 4.74 Å².